The molecule has 2 N–H and O–H groups in total. The third-order valence-corrected chi connectivity index (χ3v) is 3.13. The Morgan fingerprint density at radius 1 is 1.32 bits per heavy atom. The number of ether oxygens (including phenoxy) is 2. The summed E-state index contributed by atoms with van der Waals surface area (Å²) in [7, 11) is 0. The Bertz CT molecular complexity index is 568. The zero-order valence-corrected chi connectivity index (χ0v) is 10.5. The molecule has 100 valence electrons. The summed E-state index contributed by atoms with van der Waals surface area (Å²) in [6.45, 7) is 2.54. The molecule has 1 atom stereocenters. The van der Waals surface area contributed by atoms with Crippen molar-refractivity contribution in [1.82, 2.24) is 4.98 Å². The first-order valence-electron chi connectivity index (χ1n) is 6.34. The van der Waals surface area contributed by atoms with Crippen molar-refractivity contribution in [1.29, 1.82) is 0 Å². The average Bonchev–Trinajstić information content (AvgIpc) is 2.46. The van der Waals surface area contributed by atoms with E-state index in [0.29, 0.717) is 26.4 Å². The number of aromatic hydroxyl groups is 1. The van der Waals surface area contributed by atoms with E-state index in [1.165, 1.54) is 0 Å². The van der Waals surface area contributed by atoms with Gasteiger partial charge >= 0.3 is 0 Å². The zero-order chi connectivity index (χ0) is 13.1. The van der Waals surface area contributed by atoms with E-state index < -0.39 is 0 Å². The van der Waals surface area contributed by atoms with Gasteiger partial charge in [0.15, 0.2) is 0 Å². The molecule has 1 fully saturated rings. The van der Waals surface area contributed by atoms with E-state index in [-0.39, 0.29) is 11.9 Å². The standard InChI is InChI=1S/C14H16N2O3/c17-11-2-1-10-3-4-15-14(13(10)7-11)16-8-12-9-18-5-6-19-12/h1-4,7,12,17H,5-6,8-9H2,(H,15,16). The Balaban J connectivity index is 1.78. The first kappa shape index (κ1) is 12.2. The summed E-state index contributed by atoms with van der Waals surface area (Å²) >= 11 is 0. The fourth-order valence-corrected chi connectivity index (χ4v) is 2.16. The second-order valence-electron chi connectivity index (χ2n) is 4.51. The van der Waals surface area contributed by atoms with Gasteiger partial charge in [0.2, 0.25) is 0 Å². The molecule has 3 rings (SSSR count). The molecule has 2 aromatic rings. The van der Waals surface area contributed by atoms with Crippen LogP contribution >= 0.6 is 0 Å². The second kappa shape index (κ2) is 5.42. The van der Waals surface area contributed by atoms with Crippen LogP contribution in [0.5, 0.6) is 5.75 Å². The van der Waals surface area contributed by atoms with Gasteiger partial charge in [0.1, 0.15) is 11.6 Å². The number of fused-ring (bicyclic) bond motifs is 1. The molecule has 19 heavy (non-hydrogen) atoms. The Morgan fingerprint density at radius 3 is 3.11 bits per heavy atom. The third-order valence-electron chi connectivity index (χ3n) is 3.13. The Kier molecular flexibility index (Phi) is 3.48. The highest BCUT2D eigenvalue weighted by molar-refractivity contribution is 5.92. The van der Waals surface area contributed by atoms with Gasteiger partial charge in [-0.15, -0.1) is 0 Å². The molecule has 5 nitrogen and oxygen atoms in total. The van der Waals surface area contributed by atoms with Gasteiger partial charge < -0.3 is 19.9 Å². The fraction of sp³-hybridized carbons (Fsp3) is 0.357. The minimum Gasteiger partial charge on any atom is -0.508 e. The smallest absolute Gasteiger partial charge is 0.134 e. The molecule has 0 spiro atoms. The highest BCUT2D eigenvalue weighted by Crippen LogP contribution is 2.25. The van der Waals surface area contributed by atoms with Crippen molar-refractivity contribution in [3.05, 3.63) is 30.5 Å². The van der Waals surface area contributed by atoms with E-state index in [2.05, 4.69) is 10.3 Å². The van der Waals surface area contributed by atoms with E-state index in [9.17, 15) is 5.11 Å². The molecule has 0 saturated carbocycles. The molecule has 0 amide bonds. The predicted octanol–water partition coefficient (Wildman–Crippen LogP) is 1.77. The zero-order valence-electron chi connectivity index (χ0n) is 10.5. The highest BCUT2D eigenvalue weighted by atomic mass is 16.6. The first-order chi connectivity index (χ1) is 9.33. The molecule has 1 aromatic carbocycles. The average molecular weight is 260 g/mol. The third kappa shape index (κ3) is 2.77. The summed E-state index contributed by atoms with van der Waals surface area (Å²) < 4.78 is 10.9. The molecular weight excluding hydrogens is 244 g/mol. The predicted molar refractivity (Wildman–Crippen MR) is 72.5 cm³/mol. The van der Waals surface area contributed by atoms with Gasteiger partial charge in [-0.2, -0.15) is 0 Å². The minimum atomic E-state index is 0.0446. The maximum Gasteiger partial charge on any atom is 0.134 e. The number of hydrogen-bond acceptors (Lipinski definition) is 5. The summed E-state index contributed by atoms with van der Waals surface area (Å²) in [6.07, 6.45) is 1.79. The van der Waals surface area contributed by atoms with Gasteiger partial charge in [-0.1, -0.05) is 6.07 Å². The van der Waals surface area contributed by atoms with Crippen molar-refractivity contribution >= 4 is 16.6 Å². The number of nitrogens with zero attached hydrogens (tertiary/aromatic N) is 1. The number of aromatic nitrogens is 1. The van der Waals surface area contributed by atoms with Gasteiger partial charge in [0.25, 0.3) is 0 Å². The number of phenols is 1. The molecule has 1 aromatic heterocycles. The van der Waals surface area contributed by atoms with Crippen molar-refractivity contribution in [2.24, 2.45) is 0 Å². The van der Waals surface area contributed by atoms with Gasteiger partial charge in [-0.25, -0.2) is 4.98 Å². The molecular formula is C14H16N2O3. The van der Waals surface area contributed by atoms with Gasteiger partial charge in [-0.05, 0) is 23.6 Å². The second-order valence-corrected chi connectivity index (χ2v) is 4.51. The minimum absolute atomic E-state index is 0.0446. The lowest BCUT2D eigenvalue weighted by Crippen LogP contribution is -2.34. The maximum atomic E-state index is 9.57. The molecule has 2 heterocycles. The van der Waals surface area contributed by atoms with E-state index >= 15 is 0 Å². The van der Waals surface area contributed by atoms with E-state index in [4.69, 9.17) is 9.47 Å². The number of hydrogen-bond donors (Lipinski definition) is 2. The van der Waals surface area contributed by atoms with Crippen LogP contribution in [0.25, 0.3) is 10.8 Å². The lowest BCUT2D eigenvalue weighted by molar-refractivity contribution is -0.0819. The Hall–Kier alpha value is -1.85. The van der Waals surface area contributed by atoms with Crippen LogP contribution in [0.1, 0.15) is 0 Å². The lowest BCUT2D eigenvalue weighted by Gasteiger charge is -2.23. The van der Waals surface area contributed by atoms with Crippen LogP contribution in [0, 0.1) is 0 Å². The van der Waals surface area contributed by atoms with Gasteiger partial charge in [0, 0.05) is 18.1 Å². The van der Waals surface area contributed by atoms with Crippen LogP contribution in [-0.2, 0) is 9.47 Å². The van der Waals surface area contributed by atoms with Crippen molar-refractivity contribution in [3.8, 4) is 5.75 Å². The summed E-state index contributed by atoms with van der Waals surface area (Å²) in [6, 6.07) is 7.17. The Labute approximate surface area is 111 Å². The summed E-state index contributed by atoms with van der Waals surface area (Å²) in [4.78, 5) is 4.31. The number of anilines is 1. The summed E-state index contributed by atoms with van der Waals surface area (Å²) in [5, 5.41) is 14.8. The topological polar surface area (TPSA) is 63.6 Å². The number of pyridine rings is 1. The SMILES string of the molecule is Oc1ccc2ccnc(NCC3COCCO3)c2c1. The van der Waals surface area contributed by atoms with Gasteiger partial charge in [-0.3, -0.25) is 0 Å². The van der Waals surface area contributed by atoms with E-state index in [1.807, 2.05) is 12.1 Å². The summed E-state index contributed by atoms with van der Waals surface area (Å²) in [5.41, 5.74) is 0. The monoisotopic (exact) mass is 260 g/mol. The Morgan fingerprint density at radius 2 is 2.26 bits per heavy atom. The van der Waals surface area contributed by atoms with Crippen molar-refractivity contribution in [3.63, 3.8) is 0 Å². The number of rotatable bonds is 3. The molecule has 0 radical (unpaired) electrons. The molecule has 5 heteroatoms. The quantitative estimate of drug-likeness (QED) is 0.880. The van der Waals surface area contributed by atoms with E-state index in [1.54, 1.807) is 18.3 Å². The van der Waals surface area contributed by atoms with Crippen LogP contribution in [0.2, 0.25) is 0 Å². The fourth-order valence-electron chi connectivity index (χ4n) is 2.16. The van der Waals surface area contributed by atoms with Crippen LogP contribution < -0.4 is 5.32 Å². The largest absolute Gasteiger partial charge is 0.508 e. The number of nitrogens with one attached hydrogen (secondary N) is 1. The normalized spacial score (nSPS) is 19.5. The van der Waals surface area contributed by atoms with E-state index in [0.717, 1.165) is 16.6 Å². The first-order valence-corrected chi connectivity index (χ1v) is 6.34. The van der Waals surface area contributed by atoms with Crippen LogP contribution in [-0.4, -0.2) is 42.6 Å². The number of benzene rings is 1. The molecule has 1 aliphatic rings. The van der Waals surface area contributed by atoms with Crippen molar-refractivity contribution < 1.29 is 14.6 Å². The highest BCUT2D eigenvalue weighted by Gasteiger charge is 2.14. The lowest BCUT2D eigenvalue weighted by atomic mass is 10.1. The van der Waals surface area contributed by atoms with Crippen molar-refractivity contribution in [2.45, 2.75) is 6.10 Å². The van der Waals surface area contributed by atoms with Crippen LogP contribution in [0.3, 0.4) is 0 Å². The molecule has 0 aliphatic carbocycles. The summed E-state index contributed by atoms with van der Waals surface area (Å²) in [5.74, 6) is 0.989. The molecule has 1 aliphatic heterocycles. The maximum absolute atomic E-state index is 9.57. The molecule has 0 bridgehead atoms. The van der Waals surface area contributed by atoms with Crippen molar-refractivity contribution in [2.75, 3.05) is 31.7 Å². The van der Waals surface area contributed by atoms with Gasteiger partial charge in [0.05, 0.1) is 25.9 Å². The molecule has 1 saturated heterocycles. The number of phenolic OH excluding ortho intramolecular Hbond substituents is 1. The van der Waals surface area contributed by atoms with Crippen LogP contribution in [0.15, 0.2) is 30.5 Å². The van der Waals surface area contributed by atoms with Crippen LogP contribution in [0.4, 0.5) is 5.82 Å². The molecule has 1 unspecified atom stereocenters.